The number of benzene rings is 3. The lowest BCUT2D eigenvalue weighted by Crippen LogP contribution is -2.14. The van der Waals surface area contributed by atoms with Gasteiger partial charge in [-0.1, -0.05) is 41.4 Å². The Bertz CT molecular complexity index is 1260. The molecule has 0 heterocycles. The molecule has 3 aromatic rings. The molecule has 0 atom stereocenters. The van der Waals surface area contributed by atoms with Gasteiger partial charge in [0.2, 0.25) is 0 Å². The molecule has 7 heteroatoms. The number of anilines is 1. The molecule has 0 unspecified atom stereocenters. The van der Waals surface area contributed by atoms with E-state index in [-0.39, 0.29) is 12.2 Å². The van der Waals surface area contributed by atoms with Crippen LogP contribution in [0.4, 0.5) is 5.69 Å². The summed E-state index contributed by atoms with van der Waals surface area (Å²) in [6.07, 6.45) is 1.48. The molecular weight excluding hydrogens is 459 g/mol. The van der Waals surface area contributed by atoms with Gasteiger partial charge in [0.1, 0.15) is 29.7 Å². The molecule has 168 valence electrons. The van der Waals surface area contributed by atoms with Crippen LogP contribution in [0.5, 0.6) is 11.5 Å². The van der Waals surface area contributed by atoms with Crippen molar-refractivity contribution in [3.05, 3.63) is 92.5 Å². The summed E-state index contributed by atoms with van der Waals surface area (Å²) < 4.78 is 11.3. The number of nitrogens with one attached hydrogen (secondary N) is 1. The number of amides is 1. The normalized spacial score (nSPS) is 11.0. The van der Waals surface area contributed by atoms with Crippen LogP contribution < -0.4 is 14.8 Å². The van der Waals surface area contributed by atoms with Crippen LogP contribution in [0.25, 0.3) is 6.08 Å². The van der Waals surface area contributed by atoms with E-state index >= 15 is 0 Å². The molecule has 1 N–H and O–H groups in total. The van der Waals surface area contributed by atoms with Gasteiger partial charge >= 0.3 is 0 Å². The minimum atomic E-state index is -0.506. The fourth-order valence-electron chi connectivity index (χ4n) is 3.06. The van der Waals surface area contributed by atoms with Gasteiger partial charge in [-0.2, -0.15) is 5.26 Å². The molecule has 3 aromatic carbocycles. The molecule has 0 saturated heterocycles. The molecule has 5 nitrogen and oxygen atoms in total. The lowest BCUT2D eigenvalue weighted by Gasteiger charge is -2.13. The lowest BCUT2D eigenvalue weighted by molar-refractivity contribution is -0.112. The van der Waals surface area contributed by atoms with Gasteiger partial charge < -0.3 is 14.8 Å². The van der Waals surface area contributed by atoms with E-state index in [1.165, 1.54) is 6.08 Å². The summed E-state index contributed by atoms with van der Waals surface area (Å²) in [6.45, 7) is 4.04. The first-order valence-corrected chi connectivity index (χ1v) is 10.8. The summed E-state index contributed by atoms with van der Waals surface area (Å²) in [5.41, 5.74) is 3.87. The number of rotatable bonds is 7. The van der Waals surface area contributed by atoms with Gasteiger partial charge in [-0.15, -0.1) is 0 Å². The van der Waals surface area contributed by atoms with Gasteiger partial charge in [0.15, 0.2) is 0 Å². The summed E-state index contributed by atoms with van der Waals surface area (Å²) in [5.74, 6) is 0.504. The molecule has 0 spiro atoms. The number of nitriles is 1. The second-order valence-corrected chi connectivity index (χ2v) is 8.14. The van der Waals surface area contributed by atoms with Crippen LogP contribution >= 0.6 is 23.2 Å². The van der Waals surface area contributed by atoms with E-state index in [0.717, 1.165) is 16.7 Å². The maximum atomic E-state index is 12.8. The number of hydrogen-bond donors (Lipinski definition) is 1. The maximum Gasteiger partial charge on any atom is 0.266 e. The van der Waals surface area contributed by atoms with Crippen molar-refractivity contribution in [1.29, 1.82) is 5.26 Å². The average molecular weight is 481 g/mol. The minimum Gasteiger partial charge on any atom is -0.497 e. The van der Waals surface area contributed by atoms with Crippen molar-refractivity contribution < 1.29 is 14.3 Å². The quantitative estimate of drug-likeness (QED) is 0.300. The molecule has 0 aromatic heterocycles. The summed E-state index contributed by atoms with van der Waals surface area (Å²) in [5, 5.41) is 13.5. The van der Waals surface area contributed by atoms with Crippen LogP contribution in [0.3, 0.4) is 0 Å². The zero-order chi connectivity index (χ0) is 24.0. The smallest absolute Gasteiger partial charge is 0.266 e. The van der Waals surface area contributed by atoms with Crippen LogP contribution in [-0.4, -0.2) is 13.0 Å². The number of aryl methyl sites for hydroxylation is 1. The number of halogens is 2. The summed E-state index contributed by atoms with van der Waals surface area (Å²) in [7, 11) is 1.54. The third kappa shape index (κ3) is 6.07. The Morgan fingerprint density at radius 2 is 1.91 bits per heavy atom. The number of ether oxygens (including phenoxy) is 2. The largest absolute Gasteiger partial charge is 0.497 e. The molecule has 0 bridgehead atoms. The average Bonchev–Trinajstić information content (AvgIpc) is 2.80. The van der Waals surface area contributed by atoms with E-state index in [1.54, 1.807) is 49.6 Å². The maximum absolute atomic E-state index is 12.8. The summed E-state index contributed by atoms with van der Waals surface area (Å²) >= 11 is 12.2. The van der Waals surface area contributed by atoms with Crippen LogP contribution in [0.15, 0.2) is 60.2 Å². The molecule has 0 aliphatic rings. The van der Waals surface area contributed by atoms with Crippen LogP contribution in [0.2, 0.25) is 10.0 Å². The minimum absolute atomic E-state index is 0.0598. The topological polar surface area (TPSA) is 71.3 Å². The van der Waals surface area contributed by atoms with Gasteiger partial charge in [-0.05, 0) is 61.4 Å². The van der Waals surface area contributed by atoms with Gasteiger partial charge in [-0.25, -0.2) is 0 Å². The number of carbonyl (C=O) groups is 1. The highest BCUT2D eigenvalue weighted by Gasteiger charge is 2.14. The Morgan fingerprint density at radius 1 is 1.12 bits per heavy atom. The predicted molar refractivity (Wildman–Crippen MR) is 132 cm³/mol. The highest BCUT2D eigenvalue weighted by atomic mass is 35.5. The third-order valence-electron chi connectivity index (χ3n) is 5.14. The standard InChI is InChI=1S/C26H22Cl2N2O3/c1-16-5-4-6-24(17(16)2)30-26(31)20(14-29)11-18-8-10-22(32-3)13-25(18)33-15-19-7-9-21(27)12-23(19)28/h4-13H,15H2,1-3H3,(H,30,31)/b20-11+. The fourth-order valence-corrected chi connectivity index (χ4v) is 3.52. The number of carbonyl (C=O) groups excluding carboxylic acids is 1. The van der Waals surface area contributed by atoms with Gasteiger partial charge in [0.05, 0.1) is 7.11 Å². The molecule has 0 aliphatic carbocycles. The second-order valence-electron chi connectivity index (χ2n) is 7.30. The van der Waals surface area contributed by atoms with Crippen molar-refractivity contribution in [3.63, 3.8) is 0 Å². The lowest BCUT2D eigenvalue weighted by atomic mass is 10.1. The molecule has 33 heavy (non-hydrogen) atoms. The predicted octanol–water partition coefficient (Wildman–Crippen LogP) is 6.74. The third-order valence-corrected chi connectivity index (χ3v) is 5.72. The Kier molecular flexibility index (Phi) is 8.00. The molecular formula is C26H22Cl2N2O3. The van der Waals surface area contributed by atoms with Gasteiger partial charge in [-0.3, -0.25) is 4.79 Å². The van der Waals surface area contributed by atoms with Crippen molar-refractivity contribution in [2.75, 3.05) is 12.4 Å². The number of hydrogen-bond acceptors (Lipinski definition) is 4. The SMILES string of the molecule is COc1ccc(/C=C(\C#N)C(=O)Nc2cccc(C)c2C)c(OCc2ccc(Cl)cc2Cl)c1. The molecule has 0 saturated carbocycles. The molecule has 0 aliphatic heterocycles. The van der Waals surface area contributed by atoms with Crippen molar-refractivity contribution >= 4 is 40.9 Å². The number of methoxy groups -OCH3 is 1. The summed E-state index contributed by atoms with van der Waals surface area (Å²) in [4.78, 5) is 12.8. The first kappa shape index (κ1) is 24.2. The Labute approximate surface area is 203 Å². The van der Waals surface area contributed by atoms with E-state index in [2.05, 4.69) is 5.32 Å². The Hall–Kier alpha value is -3.46. The fraction of sp³-hybridized carbons (Fsp3) is 0.154. The van der Waals surface area contributed by atoms with E-state index in [4.69, 9.17) is 32.7 Å². The van der Waals surface area contributed by atoms with Crippen LogP contribution in [0.1, 0.15) is 22.3 Å². The second kappa shape index (κ2) is 10.9. The van der Waals surface area contributed by atoms with Crippen LogP contribution in [-0.2, 0) is 11.4 Å². The van der Waals surface area contributed by atoms with Gasteiger partial charge in [0.25, 0.3) is 5.91 Å². The first-order chi connectivity index (χ1) is 15.8. The zero-order valence-corrected chi connectivity index (χ0v) is 19.9. The van der Waals surface area contributed by atoms with E-state index in [9.17, 15) is 10.1 Å². The van der Waals surface area contributed by atoms with Crippen molar-refractivity contribution in [2.24, 2.45) is 0 Å². The monoisotopic (exact) mass is 480 g/mol. The Balaban J connectivity index is 1.89. The highest BCUT2D eigenvalue weighted by Crippen LogP contribution is 2.29. The van der Waals surface area contributed by atoms with Crippen LogP contribution in [0, 0.1) is 25.2 Å². The van der Waals surface area contributed by atoms with Gasteiger partial charge in [0, 0.05) is 32.9 Å². The summed E-state index contributed by atoms with van der Waals surface area (Å²) in [6, 6.07) is 17.9. The highest BCUT2D eigenvalue weighted by molar-refractivity contribution is 6.35. The molecule has 0 radical (unpaired) electrons. The number of nitrogens with zero attached hydrogens (tertiary/aromatic N) is 1. The molecule has 3 rings (SSSR count). The zero-order valence-electron chi connectivity index (χ0n) is 18.4. The van der Waals surface area contributed by atoms with E-state index < -0.39 is 5.91 Å². The van der Waals surface area contributed by atoms with Crippen molar-refractivity contribution in [3.8, 4) is 17.6 Å². The van der Waals surface area contributed by atoms with Crippen molar-refractivity contribution in [1.82, 2.24) is 0 Å². The van der Waals surface area contributed by atoms with Crippen molar-refractivity contribution in [2.45, 2.75) is 20.5 Å². The molecule has 1 amide bonds. The van der Waals surface area contributed by atoms with E-state index in [0.29, 0.717) is 32.8 Å². The molecule has 0 fully saturated rings. The first-order valence-electron chi connectivity index (χ1n) is 10.1. The Morgan fingerprint density at radius 3 is 2.61 bits per heavy atom. The van der Waals surface area contributed by atoms with E-state index in [1.807, 2.05) is 32.0 Å².